The normalized spacial score (nSPS) is 14.7. The number of nitrogens with two attached hydrogens (primary N) is 1. The minimum Gasteiger partial charge on any atom is -0.394 e. The summed E-state index contributed by atoms with van der Waals surface area (Å²) in [5.41, 5.74) is 6.71. The Hall–Kier alpha value is -0.900. The Bertz CT molecular complexity index is 329. The molecule has 0 saturated heterocycles. The highest BCUT2D eigenvalue weighted by Gasteiger charge is 2.26. The molecule has 18 heavy (non-hydrogen) atoms. The number of benzene rings is 1. The van der Waals surface area contributed by atoms with Gasteiger partial charge in [-0.15, -0.1) is 0 Å². The lowest BCUT2D eigenvalue weighted by Gasteiger charge is -2.30. The average molecular weight is 250 g/mol. The molecule has 0 amide bonds. The van der Waals surface area contributed by atoms with E-state index in [-0.39, 0.29) is 6.61 Å². The SMILES string of the molecule is CCCCN(C)CCC(N)(CO)c1ccccc1. The van der Waals surface area contributed by atoms with E-state index in [0.717, 1.165) is 25.1 Å². The van der Waals surface area contributed by atoms with Crippen LogP contribution in [0.15, 0.2) is 30.3 Å². The van der Waals surface area contributed by atoms with E-state index in [1.165, 1.54) is 12.8 Å². The van der Waals surface area contributed by atoms with Crippen molar-refractivity contribution in [2.24, 2.45) is 5.73 Å². The molecule has 0 aliphatic carbocycles. The Balaban J connectivity index is 2.56. The molecule has 1 atom stereocenters. The molecule has 0 bridgehead atoms. The molecule has 0 radical (unpaired) electrons. The summed E-state index contributed by atoms with van der Waals surface area (Å²) in [4.78, 5) is 2.28. The minimum absolute atomic E-state index is 0.0152. The summed E-state index contributed by atoms with van der Waals surface area (Å²) in [5.74, 6) is 0. The zero-order chi connectivity index (χ0) is 13.4. The minimum atomic E-state index is -0.623. The van der Waals surface area contributed by atoms with Gasteiger partial charge in [-0.2, -0.15) is 0 Å². The van der Waals surface area contributed by atoms with Crippen LogP contribution in [0.1, 0.15) is 31.7 Å². The van der Waals surface area contributed by atoms with E-state index in [1.807, 2.05) is 30.3 Å². The zero-order valence-electron chi connectivity index (χ0n) is 11.6. The van der Waals surface area contributed by atoms with Gasteiger partial charge in [0.25, 0.3) is 0 Å². The molecule has 0 aliphatic heterocycles. The van der Waals surface area contributed by atoms with Crippen molar-refractivity contribution in [2.75, 3.05) is 26.7 Å². The molecule has 3 heteroatoms. The number of rotatable bonds is 8. The molecule has 0 fully saturated rings. The standard InChI is InChI=1S/C15H26N2O/c1-3-4-11-17(2)12-10-15(16,13-18)14-8-6-5-7-9-14/h5-9,18H,3-4,10-13,16H2,1-2H3. The molecule has 0 aromatic heterocycles. The molecule has 3 nitrogen and oxygen atoms in total. The fraction of sp³-hybridized carbons (Fsp3) is 0.600. The summed E-state index contributed by atoms with van der Waals surface area (Å²) >= 11 is 0. The molecule has 0 aliphatic rings. The van der Waals surface area contributed by atoms with Crippen LogP contribution in [0.3, 0.4) is 0 Å². The number of unbranched alkanes of at least 4 members (excludes halogenated alkanes) is 1. The Morgan fingerprint density at radius 3 is 2.44 bits per heavy atom. The molecule has 0 saturated carbocycles. The highest BCUT2D eigenvalue weighted by molar-refractivity contribution is 5.24. The first kappa shape index (κ1) is 15.2. The molecule has 1 aromatic carbocycles. The van der Waals surface area contributed by atoms with Crippen molar-refractivity contribution >= 4 is 0 Å². The van der Waals surface area contributed by atoms with Gasteiger partial charge in [0.2, 0.25) is 0 Å². The van der Waals surface area contributed by atoms with Gasteiger partial charge in [-0.25, -0.2) is 0 Å². The fourth-order valence-corrected chi connectivity index (χ4v) is 2.01. The van der Waals surface area contributed by atoms with E-state index in [4.69, 9.17) is 5.73 Å². The van der Waals surface area contributed by atoms with Gasteiger partial charge in [0.1, 0.15) is 0 Å². The van der Waals surface area contributed by atoms with Crippen LogP contribution in [-0.4, -0.2) is 36.8 Å². The summed E-state index contributed by atoms with van der Waals surface area (Å²) < 4.78 is 0. The highest BCUT2D eigenvalue weighted by Crippen LogP contribution is 2.21. The van der Waals surface area contributed by atoms with Gasteiger partial charge in [0.15, 0.2) is 0 Å². The molecule has 1 rings (SSSR count). The van der Waals surface area contributed by atoms with E-state index in [0.29, 0.717) is 0 Å². The van der Waals surface area contributed by atoms with Crippen LogP contribution in [0.2, 0.25) is 0 Å². The van der Waals surface area contributed by atoms with E-state index in [1.54, 1.807) is 0 Å². The Kier molecular flexibility index (Phi) is 6.33. The van der Waals surface area contributed by atoms with Crippen molar-refractivity contribution in [3.05, 3.63) is 35.9 Å². The molecule has 0 heterocycles. The maximum atomic E-state index is 9.58. The lowest BCUT2D eigenvalue weighted by molar-refractivity contribution is 0.170. The molecular formula is C15H26N2O. The third-order valence-electron chi connectivity index (χ3n) is 3.46. The predicted octanol–water partition coefficient (Wildman–Crippen LogP) is 1.95. The van der Waals surface area contributed by atoms with Crippen LogP contribution >= 0.6 is 0 Å². The zero-order valence-corrected chi connectivity index (χ0v) is 11.6. The smallest absolute Gasteiger partial charge is 0.0656 e. The van der Waals surface area contributed by atoms with Crippen molar-refractivity contribution in [3.63, 3.8) is 0 Å². The molecule has 1 unspecified atom stereocenters. The monoisotopic (exact) mass is 250 g/mol. The summed E-state index contributed by atoms with van der Waals surface area (Å²) in [6, 6.07) is 9.87. The Labute approximate surface area is 111 Å². The molecule has 0 spiro atoms. The van der Waals surface area contributed by atoms with Crippen molar-refractivity contribution in [1.82, 2.24) is 4.90 Å². The lowest BCUT2D eigenvalue weighted by Crippen LogP contribution is -2.43. The summed E-state index contributed by atoms with van der Waals surface area (Å²) in [6.45, 7) is 4.18. The van der Waals surface area contributed by atoms with E-state index < -0.39 is 5.54 Å². The quantitative estimate of drug-likeness (QED) is 0.741. The van der Waals surface area contributed by atoms with Gasteiger partial charge < -0.3 is 15.7 Å². The van der Waals surface area contributed by atoms with Gasteiger partial charge in [-0.1, -0.05) is 43.7 Å². The van der Waals surface area contributed by atoms with Crippen molar-refractivity contribution < 1.29 is 5.11 Å². The van der Waals surface area contributed by atoms with Crippen LogP contribution in [0.5, 0.6) is 0 Å². The lowest BCUT2D eigenvalue weighted by atomic mass is 9.88. The maximum Gasteiger partial charge on any atom is 0.0656 e. The van der Waals surface area contributed by atoms with Crippen molar-refractivity contribution in [1.29, 1.82) is 0 Å². The number of hydrogen-bond donors (Lipinski definition) is 2. The van der Waals surface area contributed by atoms with Gasteiger partial charge >= 0.3 is 0 Å². The van der Waals surface area contributed by atoms with Crippen molar-refractivity contribution in [2.45, 2.75) is 31.7 Å². The first-order valence-corrected chi connectivity index (χ1v) is 6.76. The third kappa shape index (κ3) is 4.41. The van der Waals surface area contributed by atoms with E-state index >= 15 is 0 Å². The second-order valence-corrected chi connectivity index (χ2v) is 5.09. The predicted molar refractivity (Wildman–Crippen MR) is 76.4 cm³/mol. The molecule has 3 N–H and O–H groups in total. The highest BCUT2D eigenvalue weighted by atomic mass is 16.3. The molecule has 1 aromatic rings. The van der Waals surface area contributed by atoms with Gasteiger partial charge in [-0.05, 0) is 38.5 Å². The Morgan fingerprint density at radius 2 is 1.89 bits per heavy atom. The van der Waals surface area contributed by atoms with Gasteiger partial charge in [0, 0.05) is 0 Å². The fourth-order valence-electron chi connectivity index (χ4n) is 2.01. The van der Waals surface area contributed by atoms with E-state index in [2.05, 4.69) is 18.9 Å². The maximum absolute atomic E-state index is 9.58. The second-order valence-electron chi connectivity index (χ2n) is 5.09. The third-order valence-corrected chi connectivity index (χ3v) is 3.46. The topological polar surface area (TPSA) is 49.5 Å². The summed E-state index contributed by atoms with van der Waals surface area (Å²) in [7, 11) is 2.11. The van der Waals surface area contributed by atoms with Gasteiger partial charge in [-0.3, -0.25) is 0 Å². The van der Waals surface area contributed by atoms with Crippen LogP contribution in [0.4, 0.5) is 0 Å². The summed E-state index contributed by atoms with van der Waals surface area (Å²) in [6.07, 6.45) is 3.18. The number of aliphatic hydroxyl groups excluding tert-OH is 1. The van der Waals surface area contributed by atoms with Crippen LogP contribution in [-0.2, 0) is 5.54 Å². The van der Waals surface area contributed by atoms with Crippen molar-refractivity contribution in [3.8, 4) is 0 Å². The second kappa shape index (κ2) is 7.52. The Morgan fingerprint density at radius 1 is 1.22 bits per heavy atom. The first-order valence-electron chi connectivity index (χ1n) is 6.76. The first-order chi connectivity index (χ1) is 8.62. The largest absolute Gasteiger partial charge is 0.394 e. The molecule has 102 valence electrons. The van der Waals surface area contributed by atoms with Crippen LogP contribution in [0.25, 0.3) is 0 Å². The number of nitrogens with zero attached hydrogens (tertiary/aromatic N) is 1. The van der Waals surface area contributed by atoms with Crippen LogP contribution < -0.4 is 5.73 Å². The number of hydrogen-bond acceptors (Lipinski definition) is 3. The van der Waals surface area contributed by atoms with Gasteiger partial charge in [0.05, 0.1) is 12.1 Å². The van der Waals surface area contributed by atoms with Crippen LogP contribution in [0, 0.1) is 0 Å². The molecular weight excluding hydrogens is 224 g/mol. The van der Waals surface area contributed by atoms with E-state index in [9.17, 15) is 5.11 Å². The number of aliphatic hydroxyl groups is 1. The average Bonchev–Trinajstić information content (AvgIpc) is 2.43. The summed E-state index contributed by atoms with van der Waals surface area (Å²) in [5, 5.41) is 9.58.